The minimum absolute atomic E-state index is 0.0388. The monoisotopic (exact) mass is 326 g/mol. The predicted octanol–water partition coefficient (Wildman–Crippen LogP) is 3.76. The van der Waals surface area contributed by atoms with Crippen molar-refractivity contribution in [3.8, 4) is 0 Å². The van der Waals surface area contributed by atoms with Gasteiger partial charge in [0.2, 0.25) is 0 Å². The van der Waals surface area contributed by atoms with Gasteiger partial charge in [0, 0.05) is 30.1 Å². The SMILES string of the molecule is CNC(=O)c1cccc(CNC2CCCSc3ccccc32)c1. The molecule has 3 nitrogen and oxygen atoms in total. The summed E-state index contributed by atoms with van der Waals surface area (Å²) in [6.07, 6.45) is 2.37. The van der Waals surface area contributed by atoms with Crippen LogP contribution in [-0.4, -0.2) is 18.7 Å². The van der Waals surface area contributed by atoms with Crippen LogP contribution in [0.4, 0.5) is 0 Å². The van der Waals surface area contributed by atoms with E-state index in [9.17, 15) is 4.79 Å². The summed E-state index contributed by atoms with van der Waals surface area (Å²) in [7, 11) is 1.66. The number of fused-ring (bicyclic) bond motifs is 1. The van der Waals surface area contributed by atoms with E-state index in [0.717, 1.165) is 18.5 Å². The number of nitrogens with one attached hydrogen (secondary N) is 2. The van der Waals surface area contributed by atoms with Gasteiger partial charge in [-0.3, -0.25) is 4.79 Å². The first kappa shape index (κ1) is 16.1. The summed E-state index contributed by atoms with van der Waals surface area (Å²) >= 11 is 1.95. The van der Waals surface area contributed by atoms with Crippen LogP contribution < -0.4 is 10.6 Å². The Labute approximate surface area is 141 Å². The Morgan fingerprint density at radius 3 is 2.96 bits per heavy atom. The summed E-state index contributed by atoms with van der Waals surface area (Å²) in [5.74, 6) is 1.14. The number of rotatable bonds is 4. The topological polar surface area (TPSA) is 41.1 Å². The first-order valence-corrected chi connectivity index (χ1v) is 9.02. The molecule has 0 aromatic heterocycles. The Kier molecular flexibility index (Phi) is 5.36. The molecule has 1 aliphatic heterocycles. The molecular formula is C19H22N2OS. The highest BCUT2D eigenvalue weighted by Crippen LogP contribution is 2.34. The second-order valence-electron chi connectivity index (χ2n) is 5.74. The number of hydrogen-bond acceptors (Lipinski definition) is 3. The van der Waals surface area contributed by atoms with Crippen LogP contribution in [0, 0.1) is 0 Å². The lowest BCUT2D eigenvalue weighted by atomic mass is 10.0. The smallest absolute Gasteiger partial charge is 0.251 e. The van der Waals surface area contributed by atoms with Gasteiger partial charge in [0.1, 0.15) is 0 Å². The molecule has 1 atom stereocenters. The molecule has 1 amide bonds. The second-order valence-corrected chi connectivity index (χ2v) is 6.88. The van der Waals surface area contributed by atoms with Crippen molar-refractivity contribution in [3.05, 3.63) is 65.2 Å². The Hall–Kier alpha value is -1.78. The van der Waals surface area contributed by atoms with Gasteiger partial charge in [-0.2, -0.15) is 0 Å². The zero-order valence-corrected chi connectivity index (χ0v) is 14.2. The second kappa shape index (κ2) is 7.66. The first-order chi connectivity index (χ1) is 11.3. The molecule has 0 fully saturated rings. The van der Waals surface area contributed by atoms with Crippen molar-refractivity contribution >= 4 is 17.7 Å². The number of thioether (sulfide) groups is 1. The van der Waals surface area contributed by atoms with Crippen LogP contribution in [0.15, 0.2) is 53.4 Å². The summed E-state index contributed by atoms with van der Waals surface area (Å²) in [5, 5.41) is 6.35. The molecule has 0 bridgehead atoms. The molecule has 2 aromatic rings. The van der Waals surface area contributed by atoms with E-state index in [1.54, 1.807) is 7.05 Å². The van der Waals surface area contributed by atoms with E-state index in [-0.39, 0.29) is 5.91 Å². The van der Waals surface area contributed by atoms with Crippen molar-refractivity contribution in [2.24, 2.45) is 0 Å². The maximum absolute atomic E-state index is 11.7. The van der Waals surface area contributed by atoms with Gasteiger partial charge in [0.05, 0.1) is 0 Å². The van der Waals surface area contributed by atoms with Crippen LogP contribution in [0.2, 0.25) is 0 Å². The van der Waals surface area contributed by atoms with Crippen LogP contribution in [0.5, 0.6) is 0 Å². The van der Waals surface area contributed by atoms with E-state index in [0.29, 0.717) is 11.6 Å². The van der Waals surface area contributed by atoms with Crippen LogP contribution in [-0.2, 0) is 6.54 Å². The van der Waals surface area contributed by atoms with Gasteiger partial charge in [0.25, 0.3) is 5.91 Å². The Balaban J connectivity index is 1.72. The van der Waals surface area contributed by atoms with Crippen molar-refractivity contribution in [1.82, 2.24) is 10.6 Å². The maximum atomic E-state index is 11.7. The molecule has 1 aliphatic rings. The van der Waals surface area contributed by atoms with E-state index in [1.165, 1.54) is 22.6 Å². The highest BCUT2D eigenvalue weighted by Gasteiger charge is 2.18. The van der Waals surface area contributed by atoms with Crippen molar-refractivity contribution in [3.63, 3.8) is 0 Å². The zero-order valence-electron chi connectivity index (χ0n) is 13.3. The van der Waals surface area contributed by atoms with Crippen molar-refractivity contribution in [2.75, 3.05) is 12.8 Å². The minimum Gasteiger partial charge on any atom is -0.355 e. The molecule has 0 radical (unpaired) electrons. The quantitative estimate of drug-likeness (QED) is 0.899. The molecule has 0 saturated carbocycles. The van der Waals surface area contributed by atoms with Crippen LogP contribution in [0.1, 0.15) is 40.4 Å². The van der Waals surface area contributed by atoms with Gasteiger partial charge in [-0.25, -0.2) is 0 Å². The maximum Gasteiger partial charge on any atom is 0.251 e. The molecule has 1 heterocycles. The molecule has 0 saturated heterocycles. The number of hydrogen-bond donors (Lipinski definition) is 2. The lowest BCUT2D eigenvalue weighted by Crippen LogP contribution is -2.22. The first-order valence-electron chi connectivity index (χ1n) is 8.04. The molecule has 2 aromatic carbocycles. The lowest BCUT2D eigenvalue weighted by Gasteiger charge is -2.19. The van der Waals surface area contributed by atoms with Crippen molar-refractivity contribution < 1.29 is 4.79 Å². The lowest BCUT2D eigenvalue weighted by molar-refractivity contribution is 0.0963. The van der Waals surface area contributed by atoms with E-state index >= 15 is 0 Å². The molecule has 23 heavy (non-hydrogen) atoms. The minimum atomic E-state index is -0.0388. The largest absolute Gasteiger partial charge is 0.355 e. The van der Waals surface area contributed by atoms with E-state index in [4.69, 9.17) is 0 Å². The Morgan fingerprint density at radius 2 is 2.09 bits per heavy atom. The van der Waals surface area contributed by atoms with Gasteiger partial charge in [-0.05, 0) is 47.9 Å². The van der Waals surface area contributed by atoms with E-state index in [2.05, 4.69) is 41.0 Å². The summed E-state index contributed by atoms with van der Waals surface area (Å²) < 4.78 is 0. The predicted molar refractivity (Wildman–Crippen MR) is 95.8 cm³/mol. The Bertz CT molecular complexity index is 687. The number of benzene rings is 2. The van der Waals surface area contributed by atoms with E-state index < -0.39 is 0 Å². The molecule has 0 aliphatic carbocycles. The van der Waals surface area contributed by atoms with Crippen molar-refractivity contribution in [2.45, 2.75) is 30.3 Å². The average molecular weight is 326 g/mol. The van der Waals surface area contributed by atoms with E-state index in [1.807, 2.05) is 30.0 Å². The van der Waals surface area contributed by atoms with Crippen LogP contribution in [0.25, 0.3) is 0 Å². The summed E-state index contributed by atoms with van der Waals surface area (Å²) in [5.41, 5.74) is 3.25. The third kappa shape index (κ3) is 3.95. The van der Waals surface area contributed by atoms with Gasteiger partial charge in [0.15, 0.2) is 0 Å². The third-order valence-electron chi connectivity index (χ3n) is 4.16. The van der Waals surface area contributed by atoms with Gasteiger partial charge in [-0.1, -0.05) is 30.3 Å². The van der Waals surface area contributed by atoms with Crippen LogP contribution >= 0.6 is 11.8 Å². The molecule has 4 heteroatoms. The van der Waals surface area contributed by atoms with Gasteiger partial charge in [-0.15, -0.1) is 11.8 Å². The summed E-state index contributed by atoms with van der Waals surface area (Å²) in [4.78, 5) is 13.1. The average Bonchev–Trinajstić information content (AvgIpc) is 2.82. The molecule has 0 spiro atoms. The Morgan fingerprint density at radius 1 is 1.22 bits per heavy atom. The molecule has 1 unspecified atom stereocenters. The fraction of sp³-hybridized carbons (Fsp3) is 0.316. The molecule has 3 rings (SSSR count). The normalized spacial score (nSPS) is 17.2. The fourth-order valence-electron chi connectivity index (χ4n) is 2.94. The van der Waals surface area contributed by atoms with Gasteiger partial charge >= 0.3 is 0 Å². The molecule has 120 valence electrons. The third-order valence-corrected chi connectivity index (χ3v) is 5.33. The zero-order chi connectivity index (χ0) is 16.1. The molecular weight excluding hydrogens is 304 g/mol. The van der Waals surface area contributed by atoms with Crippen LogP contribution in [0.3, 0.4) is 0 Å². The number of amides is 1. The molecule has 2 N–H and O–H groups in total. The summed E-state index contributed by atoms with van der Waals surface area (Å²) in [6.45, 7) is 0.772. The number of carbonyl (C=O) groups is 1. The van der Waals surface area contributed by atoms with Crippen molar-refractivity contribution in [1.29, 1.82) is 0 Å². The summed E-state index contributed by atoms with van der Waals surface area (Å²) in [6, 6.07) is 16.9. The number of carbonyl (C=O) groups excluding carboxylic acids is 1. The standard InChI is InChI=1S/C19H22N2OS/c1-20-19(22)15-7-4-6-14(12-15)13-21-17-9-5-11-23-18-10-3-2-8-16(17)18/h2-4,6-8,10,12,17,21H,5,9,11,13H2,1H3,(H,20,22). The van der Waals surface area contributed by atoms with Gasteiger partial charge < -0.3 is 10.6 Å². The fourth-order valence-corrected chi connectivity index (χ4v) is 4.03. The highest BCUT2D eigenvalue weighted by molar-refractivity contribution is 7.99. The highest BCUT2D eigenvalue weighted by atomic mass is 32.2.